The Morgan fingerprint density at radius 3 is 2.64 bits per heavy atom. The zero-order chi connectivity index (χ0) is 15.4. The third kappa shape index (κ3) is 3.18. The maximum atomic E-state index is 12.1. The van der Waals surface area contributed by atoms with E-state index in [1.54, 1.807) is 42.8 Å². The molecular weight excluding hydrogens is 300 g/mol. The van der Waals surface area contributed by atoms with Gasteiger partial charge in [0.15, 0.2) is 0 Å². The Bertz CT molecular complexity index is 768. The highest BCUT2D eigenvalue weighted by Crippen LogP contribution is 2.25. The number of nitrogens with zero attached hydrogens (tertiary/aromatic N) is 1. The van der Waals surface area contributed by atoms with Crippen molar-refractivity contribution in [2.75, 3.05) is 0 Å². The zero-order valence-corrected chi connectivity index (χ0v) is 12.4. The fraction of sp³-hybridized carbons (Fsp3) is 0.0588. The van der Waals surface area contributed by atoms with Crippen molar-refractivity contribution in [2.45, 2.75) is 6.54 Å². The minimum Gasteiger partial charge on any atom is -0.467 e. The van der Waals surface area contributed by atoms with Crippen LogP contribution in [0.4, 0.5) is 0 Å². The van der Waals surface area contributed by atoms with Crippen molar-refractivity contribution in [2.24, 2.45) is 0 Å². The molecule has 5 heteroatoms. The molecule has 3 aromatic rings. The summed E-state index contributed by atoms with van der Waals surface area (Å²) in [5.74, 6) is 0.556. The van der Waals surface area contributed by atoms with Crippen LogP contribution in [0.3, 0.4) is 0 Å². The summed E-state index contributed by atoms with van der Waals surface area (Å²) in [6.45, 7) is 0.361. The number of hydrogen-bond acceptors (Lipinski definition) is 3. The van der Waals surface area contributed by atoms with Gasteiger partial charge in [-0.2, -0.15) is 0 Å². The Hall–Kier alpha value is -2.59. The average molecular weight is 313 g/mol. The van der Waals surface area contributed by atoms with Crippen molar-refractivity contribution in [3.05, 3.63) is 77.3 Å². The Labute approximate surface area is 132 Å². The number of hydrogen-bond donors (Lipinski definition) is 1. The van der Waals surface area contributed by atoms with E-state index in [2.05, 4.69) is 10.3 Å². The van der Waals surface area contributed by atoms with Crippen LogP contribution in [0.25, 0.3) is 11.3 Å². The number of rotatable bonds is 4. The van der Waals surface area contributed by atoms with Gasteiger partial charge in [-0.05, 0) is 36.4 Å². The lowest BCUT2D eigenvalue weighted by Crippen LogP contribution is -2.22. The van der Waals surface area contributed by atoms with Crippen molar-refractivity contribution in [1.29, 1.82) is 0 Å². The number of amides is 1. The maximum absolute atomic E-state index is 12.1. The first-order valence-corrected chi connectivity index (χ1v) is 7.13. The first kappa shape index (κ1) is 14.4. The van der Waals surface area contributed by atoms with Crippen molar-refractivity contribution in [1.82, 2.24) is 10.3 Å². The molecule has 0 fully saturated rings. The van der Waals surface area contributed by atoms with Gasteiger partial charge in [-0.1, -0.05) is 23.7 Å². The number of carbonyl (C=O) groups excluding carboxylic acids is 1. The fourth-order valence-corrected chi connectivity index (χ4v) is 2.29. The summed E-state index contributed by atoms with van der Waals surface area (Å²) in [5, 5.41) is 3.38. The van der Waals surface area contributed by atoms with Crippen LogP contribution in [0.15, 0.2) is 65.4 Å². The van der Waals surface area contributed by atoms with E-state index in [0.29, 0.717) is 28.6 Å². The molecule has 2 aromatic heterocycles. The predicted molar refractivity (Wildman–Crippen MR) is 84.6 cm³/mol. The number of carbonyl (C=O) groups is 1. The van der Waals surface area contributed by atoms with Crippen LogP contribution < -0.4 is 5.32 Å². The molecule has 2 heterocycles. The fourth-order valence-electron chi connectivity index (χ4n) is 2.06. The van der Waals surface area contributed by atoms with E-state index < -0.39 is 0 Å². The van der Waals surface area contributed by atoms with Gasteiger partial charge in [-0.15, -0.1) is 0 Å². The van der Waals surface area contributed by atoms with E-state index in [9.17, 15) is 4.79 Å². The van der Waals surface area contributed by atoms with Gasteiger partial charge in [0.1, 0.15) is 5.76 Å². The molecule has 0 aliphatic heterocycles. The largest absolute Gasteiger partial charge is 0.467 e. The molecule has 0 aliphatic rings. The molecule has 0 atom stereocenters. The van der Waals surface area contributed by atoms with E-state index in [1.165, 1.54) is 0 Å². The quantitative estimate of drug-likeness (QED) is 0.794. The molecule has 1 amide bonds. The second kappa shape index (κ2) is 6.45. The third-order valence-electron chi connectivity index (χ3n) is 3.18. The lowest BCUT2D eigenvalue weighted by atomic mass is 10.1. The molecule has 0 saturated heterocycles. The van der Waals surface area contributed by atoms with Crippen LogP contribution in [0.2, 0.25) is 5.02 Å². The van der Waals surface area contributed by atoms with Crippen molar-refractivity contribution >= 4 is 17.5 Å². The first-order chi connectivity index (χ1) is 10.7. The average Bonchev–Trinajstić information content (AvgIpc) is 3.07. The summed E-state index contributed by atoms with van der Waals surface area (Å²) in [4.78, 5) is 16.3. The maximum Gasteiger partial charge on any atom is 0.251 e. The van der Waals surface area contributed by atoms with Crippen molar-refractivity contribution in [3.63, 3.8) is 0 Å². The molecule has 0 aliphatic carbocycles. The molecule has 22 heavy (non-hydrogen) atoms. The van der Waals surface area contributed by atoms with Crippen LogP contribution >= 0.6 is 11.6 Å². The van der Waals surface area contributed by atoms with Crippen molar-refractivity contribution in [3.8, 4) is 11.3 Å². The zero-order valence-electron chi connectivity index (χ0n) is 11.6. The number of nitrogens with one attached hydrogen (secondary N) is 1. The topological polar surface area (TPSA) is 55.1 Å². The van der Waals surface area contributed by atoms with Crippen molar-refractivity contribution < 1.29 is 9.21 Å². The highest BCUT2D eigenvalue weighted by atomic mass is 35.5. The number of pyridine rings is 1. The SMILES string of the molecule is O=C(NCc1ccco1)c1ccc(-c2ncccc2Cl)cc1. The number of benzene rings is 1. The van der Waals surface area contributed by atoms with Gasteiger partial charge in [-0.25, -0.2) is 0 Å². The van der Waals surface area contributed by atoms with E-state index in [1.807, 2.05) is 18.2 Å². The van der Waals surface area contributed by atoms with Gasteiger partial charge in [0.05, 0.1) is 23.5 Å². The predicted octanol–water partition coefficient (Wildman–Crippen LogP) is 3.93. The van der Waals surface area contributed by atoms with Gasteiger partial charge in [0.2, 0.25) is 0 Å². The molecule has 4 nitrogen and oxygen atoms in total. The van der Waals surface area contributed by atoms with E-state index >= 15 is 0 Å². The lowest BCUT2D eigenvalue weighted by molar-refractivity contribution is 0.0948. The third-order valence-corrected chi connectivity index (χ3v) is 3.49. The minimum atomic E-state index is -0.157. The summed E-state index contributed by atoms with van der Waals surface area (Å²) in [6.07, 6.45) is 3.26. The van der Waals surface area contributed by atoms with Crippen LogP contribution in [0.1, 0.15) is 16.1 Å². The van der Waals surface area contributed by atoms with Gasteiger partial charge in [0, 0.05) is 17.3 Å². The minimum absolute atomic E-state index is 0.157. The summed E-state index contributed by atoms with van der Waals surface area (Å²) >= 11 is 6.12. The molecule has 0 saturated carbocycles. The summed E-state index contributed by atoms with van der Waals surface area (Å²) in [5.41, 5.74) is 2.14. The smallest absolute Gasteiger partial charge is 0.251 e. The Morgan fingerprint density at radius 2 is 1.95 bits per heavy atom. The lowest BCUT2D eigenvalue weighted by Gasteiger charge is -2.06. The normalized spacial score (nSPS) is 10.4. The van der Waals surface area contributed by atoms with Crippen LogP contribution in [-0.2, 0) is 6.54 Å². The van der Waals surface area contributed by atoms with E-state index in [-0.39, 0.29) is 5.91 Å². The highest BCUT2D eigenvalue weighted by molar-refractivity contribution is 6.33. The highest BCUT2D eigenvalue weighted by Gasteiger charge is 2.08. The second-order valence-electron chi connectivity index (χ2n) is 4.67. The Kier molecular flexibility index (Phi) is 4.21. The molecule has 0 bridgehead atoms. The van der Waals surface area contributed by atoms with E-state index in [4.69, 9.17) is 16.0 Å². The Morgan fingerprint density at radius 1 is 1.14 bits per heavy atom. The summed E-state index contributed by atoms with van der Waals surface area (Å²) in [6, 6.07) is 14.3. The molecular formula is C17H13ClN2O2. The van der Waals surface area contributed by atoms with Crippen LogP contribution in [0.5, 0.6) is 0 Å². The molecule has 0 radical (unpaired) electrons. The monoisotopic (exact) mass is 312 g/mol. The molecule has 3 rings (SSSR count). The molecule has 0 spiro atoms. The number of furan rings is 1. The summed E-state index contributed by atoms with van der Waals surface area (Å²) < 4.78 is 5.17. The molecule has 110 valence electrons. The molecule has 0 unspecified atom stereocenters. The second-order valence-corrected chi connectivity index (χ2v) is 5.08. The molecule has 1 N–H and O–H groups in total. The van der Waals surface area contributed by atoms with Gasteiger partial charge < -0.3 is 9.73 Å². The first-order valence-electron chi connectivity index (χ1n) is 6.75. The standard InChI is InChI=1S/C17H13ClN2O2/c18-15-4-1-9-19-16(15)12-5-7-13(8-6-12)17(21)20-11-14-3-2-10-22-14/h1-10H,11H2,(H,20,21). The van der Waals surface area contributed by atoms with Crippen LogP contribution in [0, 0.1) is 0 Å². The van der Waals surface area contributed by atoms with Gasteiger partial charge in [0.25, 0.3) is 5.91 Å². The van der Waals surface area contributed by atoms with Crippen LogP contribution in [-0.4, -0.2) is 10.9 Å². The number of halogens is 1. The Balaban J connectivity index is 1.71. The van der Waals surface area contributed by atoms with Gasteiger partial charge >= 0.3 is 0 Å². The summed E-state index contributed by atoms with van der Waals surface area (Å²) in [7, 11) is 0. The van der Waals surface area contributed by atoms with E-state index in [0.717, 1.165) is 5.56 Å². The number of aromatic nitrogens is 1. The van der Waals surface area contributed by atoms with Gasteiger partial charge in [-0.3, -0.25) is 9.78 Å². The molecule has 1 aromatic carbocycles.